The lowest BCUT2D eigenvalue weighted by Gasteiger charge is -2.04. The summed E-state index contributed by atoms with van der Waals surface area (Å²) in [6.45, 7) is 1.46. The van der Waals surface area contributed by atoms with Crippen LogP contribution in [0.4, 0.5) is 0 Å². The predicted molar refractivity (Wildman–Crippen MR) is 111 cm³/mol. The maximum atomic E-state index is 12.1. The summed E-state index contributed by atoms with van der Waals surface area (Å²) in [6.07, 6.45) is 0. The van der Waals surface area contributed by atoms with Crippen molar-refractivity contribution < 1.29 is 33.9 Å². The molecule has 0 spiro atoms. The first-order valence-corrected chi connectivity index (χ1v) is 10.4. The number of thioether (sulfide) groups is 1. The van der Waals surface area contributed by atoms with Gasteiger partial charge < -0.3 is 34.0 Å². The first-order chi connectivity index (χ1) is 14.7. The minimum absolute atomic E-state index is 0.148. The number of hydrogen-bond acceptors (Lipinski definition) is 8. The third-order valence-corrected chi connectivity index (χ3v) is 4.88. The van der Waals surface area contributed by atoms with Crippen LogP contribution in [0.1, 0.15) is 11.5 Å². The molecule has 12 heteroatoms. The van der Waals surface area contributed by atoms with E-state index in [0.717, 1.165) is 35.1 Å². The number of aromatic amines is 1. The van der Waals surface area contributed by atoms with Gasteiger partial charge in [-0.15, -0.1) is 0 Å². The number of furan rings is 1. The van der Waals surface area contributed by atoms with Gasteiger partial charge >= 0.3 is 11.7 Å². The van der Waals surface area contributed by atoms with Crippen LogP contribution in [0.25, 0.3) is 11.2 Å². The van der Waals surface area contributed by atoms with Gasteiger partial charge in [-0.1, -0.05) is 0 Å². The second-order valence-electron chi connectivity index (χ2n) is 6.70. The molecule has 0 aliphatic carbocycles. The first-order valence-electron chi connectivity index (χ1n) is 9.23. The molecule has 0 aliphatic rings. The van der Waals surface area contributed by atoms with Gasteiger partial charge in [0.05, 0.1) is 32.5 Å². The second-order valence-corrected chi connectivity index (χ2v) is 7.81. The normalized spacial score (nSPS) is 10.7. The minimum Gasteiger partial charge on any atom is -0.539 e. The van der Waals surface area contributed by atoms with Crippen LogP contribution in [-0.2, 0) is 28.4 Å². The summed E-state index contributed by atoms with van der Waals surface area (Å²) in [5.74, 6) is 0.0354. The number of aryl methyl sites for hydroxylation is 1. The number of fused-ring (bicyclic) bond motifs is 1. The van der Waals surface area contributed by atoms with Crippen molar-refractivity contribution in [2.24, 2.45) is 0 Å². The number of nitrogens with zero attached hydrogens (tertiary/aromatic N) is 2. The highest BCUT2D eigenvalue weighted by Gasteiger charge is 2.10. The van der Waals surface area contributed by atoms with Gasteiger partial charge in [-0.05, 0) is 18.2 Å². The van der Waals surface area contributed by atoms with Gasteiger partial charge in [0.15, 0.2) is 17.4 Å². The standard InChI is InChI=1S/C17H22N4O3S.C2H2O4/c1-20(2)10-12-4-5-13(24-12)11-25-9-8-21-16-14(18-17(21)22)6-7-15(19-16)23-3;3-1(4)2(5)6/h4-7H,8-11H2,1-3H3,(H,18,22);(H,3,4)(H,5,6). The molecule has 0 fully saturated rings. The maximum Gasteiger partial charge on any atom is 0.351 e. The zero-order valence-corrected chi connectivity index (χ0v) is 18.2. The smallest absolute Gasteiger partial charge is 0.351 e. The van der Waals surface area contributed by atoms with Crippen LogP contribution in [0, 0.1) is 0 Å². The molecule has 31 heavy (non-hydrogen) atoms. The van der Waals surface area contributed by atoms with Gasteiger partial charge in [0.2, 0.25) is 5.88 Å². The molecule has 3 N–H and O–H groups in total. The fourth-order valence-electron chi connectivity index (χ4n) is 2.61. The molecule has 0 unspecified atom stereocenters. The number of aliphatic carboxylic acids is 2. The number of pyridine rings is 1. The van der Waals surface area contributed by atoms with Crippen LogP contribution in [0.3, 0.4) is 0 Å². The number of hydrogen-bond donors (Lipinski definition) is 3. The Labute approximate surface area is 181 Å². The summed E-state index contributed by atoms with van der Waals surface area (Å²) < 4.78 is 12.6. The topological polar surface area (TPSA) is 155 Å². The Morgan fingerprint density at radius 1 is 1.29 bits per heavy atom. The molecule has 3 rings (SSSR count). The molecule has 3 heterocycles. The summed E-state index contributed by atoms with van der Waals surface area (Å²) in [5, 5.41) is 16.3. The van der Waals surface area contributed by atoms with E-state index in [4.69, 9.17) is 29.0 Å². The third kappa shape index (κ3) is 7.19. The number of rotatable bonds is 8. The number of carboxylic acids is 2. The lowest BCUT2D eigenvalue weighted by molar-refractivity contribution is -0.873. The quantitative estimate of drug-likeness (QED) is 0.280. The number of aromatic nitrogens is 3. The SMILES string of the molecule is COc1ccc2[nH]c(=O)n(CCSCc3ccc(C[NH+](C)C)o3)c2n1.O=C([O-])C(=O)O. The lowest BCUT2D eigenvalue weighted by atomic mass is 10.4. The summed E-state index contributed by atoms with van der Waals surface area (Å²) in [5.41, 5.74) is 1.20. The number of methoxy groups -OCH3 is 1. The van der Waals surface area contributed by atoms with Crippen LogP contribution in [0.5, 0.6) is 5.88 Å². The summed E-state index contributed by atoms with van der Waals surface area (Å²) >= 11 is 1.73. The number of ether oxygens (including phenoxy) is 1. The average molecular weight is 452 g/mol. The van der Waals surface area contributed by atoms with Crippen molar-refractivity contribution in [3.8, 4) is 5.88 Å². The summed E-state index contributed by atoms with van der Waals surface area (Å²) in [7, 11) is 5.76. The van der Waals surface area contributed by atoms with E-state index >= 15 is 0 Å². The largest absolute Gasteiger partial charge is 0.539 e. The molecule has 0 saturated carbocycles. The van der Waals surface area contributed by atoms with Gasteiger partial charge in [0.25, 0.3) is 0 Å². The second kappa shape index (κ2) is 11.2. The van der Waals surface area contributed by atoms with Crippen molar-refractivity contribution >= 4 is 34.9 Å². The van der Waals surface area contributed by atoms with Crippen LogP contribution in [0.15, 0.2) is 33.5 Å². The summed E-state index contributed by atoms with van der Waals surface area (Å²) in [6, 6.07) is 7.60. The van der Waals surface area contributed by atoms with Crippen LogP contribution in [0.2, 0.25) is 0 Å². The number of imidazole rings is 1. The number of carbonyl (C=O) groups excluding carboxylic acids is 1. The van der Waals surface area contributed by atoms with Gasteiger partial charge in [0.1, 0.15) is 12.3 Å². The van der Waals surface area contributed by atoms with Crippen molar-refractivity contribution in [1.29, 1.82) is 0 Å². The Hall–Kier alpha value is -3.25. The third-order valence-electron chi connectivity index (χ3n) is 3.92. The van der Waals surface area contributed by atoms with Gasteiger partial charge in [-0.25, -0.2) is 9.59 Å². The van der Waals surface area contributed by atoms with E-state index in [0.29, 0.717) is 18.1 Å². The Balaban J connectivity index is 0.000000501. The Morgan fingerprint density at radius 3 is 2.58 bits per heavy atom. The van der Waals surface area contributed by atoms with Crippen LogP contribution >= 0.6 is 11.8 Å². The molecule has 11 nitrogen and oxygen atoms in total. The molecular formula is C19H24N4O7S. The van der Waals surface area contributed by atoms with E-state index in [1.807, 2.05) is 18.2 Å². The lowest BCUT2D eigenvalue weighted by Crippen LogP contribution is -3.04. The van der Waals surface area contributed by atoms with Crippen molar-refractivity contribution in [2.75, 3.05) is 27.0 Å². The van der Waals surface area contributed by atoms with Crippen molar-refractivity contribution in [3.05, 3.63) is 46.3 Å². The molecule has 0 aliphatic heterocycles. The summed E-state index contributed by atoms with van der Waals surface area (Å²) in [4.78, 5) is 38.6. The highest BCUT2D eigenvalue weighted by atomic mass is 32.2. The fraction of sp³-hybridized carbons (Fsp3) is 0.368. The monoisotopic (exact) mass is 452 g/mol. The van der Waals surface area contributed by atoms with Crippen molar-refractivity contribution in [2.45, 2.75) is 18.8 Å². The van der Waals surface area contributed by atoms with Crippen molar-refractivity contribution in [3.63, 3.8) is 0 Å². The van der Waals surface area contributed by atoms with E-state index in [1.54, 1.807) is 29.5 Å². The number of nitrogens with one attached hydrogen (secondary N) is 2. The van der Waals surface area contributed by atoms with Gasteiger partial charge in [-0.3, -0.25) is 4.57 Å². The highest BCUT2D eigenvalue weighted by Crippen LogP contribution is 2.17. The van der Waals surface area contributed by atoms with Crippen LogP contribution in [-0.4, -0.2) is 58.5 Å². The number of quaternary nitrogens is 1. The molecular weight excluding hydrogens is 428 g/mol. The van der Waals surface area contributed by atoms with Crippen LogP contribution < -0.4 is 20.4 Å². The predicted octanol–water partition coefficient (Wildman–Crippen LogP) is -1.27. The van der Waals surface area contributed by atoms with E-state index in [-0.39, 0.29) is 5.69 Å². The van der Waals surface area contributed by atoms with Gasteiger partial charge in [0, 0.05) is 18.4 Å². The molecule has 0 amide bonds. The molecule has 0 bridgehead atoms. The molecule has 3 aromatic heterocycles. The molecule has 168 valence electrons. The minimum atomic E-state index is -2.07. The van der Waals surface area contributed by atoms with Gasteiger partial charge in [-0.2, -0.15) is 16.7 Å². The zero-order valence-electron chi connectivity index (χ0n) is 17.3. The fourth-order valence-corrected chi connectivity index (χ4v) is 3.42. The molecule has 0 radical (unpaired) electrons. The zero-order chi connectivity index (χ0) is 23.0. The maximum absolute atomic E-state index is 12.1. The van der Waals surface area contributed by atoms with Crippen molar-refractivity contribution in [1.82, 2.24) is 14.5 Å². The van der Waals surface area contributed by atoms with E-state index in [2.05, 4.69) is 24.1 Å². The number of H-pyrrole nitrogens is 1. The van der Waals surface area contributed by atoms with E-state index < -0.39 is 11.9 Å². The Bertz CT molecular complexity index is 1070. The highest BCUT2D eigenvalue weighted by molar-refractivity contribution is 7.98. The van der Waals surface area contributed by atoms with E-state index in [1.165, 1.54) is 4.90 Å². The molecule has 0 saturated heterocycles. The molecule has 0 atom stereocenters. The van der Waals surface area contributed by atoms with E-state index in [9.17, 15) is 4.79 Å². The Morgan fingerprint density at radius 2 is 1.97 bits per heavy atom. The number of carboxylic acid groups (broad SMARTS) is 2. The first kappa shape index (κ1) is 24.0. The molecule has 3 aromatic rings. The molecule has 0 aromatic carbocycles. The Kier molecular flexibility index (Phi) is 8.70. The number of carbonyl (C=O) groups is 2. The average Bonchev–Trinajstić information content (AvgIpc) is 3.28.